The van der Waals surface area contributed by atoms with Crippen LogP contribution < -0.4 is 5.32 Å². The molecule has 30 heavy (non-hydrogen) atoms. The Morgan fingerprint density at radius 2 is 1.90 bits per heavy atom. The minimum Gasteiger partial charge on any atom is -0.360 e. The van der Waals surface area contributed by atoms with Crippen LogP contribution in [0.25, 0.3) is 0 Å². The van der Waals surface area contributed by atoms with Crippen LogP contribution in [0.3, 0.4) is 0 Å². The molecular weight excluding hydrogens is 422 g/mol. The van der Waals surface area contributed by atoms with Gasteiger partial charge in [0.1, 0.15) is 10.6 Å². The number of nitrogens with zero attached hydrogens (tertiary/aromatic N) is 2. The van der Waals surface area contributed by atoms with Crippen molar-refractivity contribution >= 4 is 27.7 Å². The molecule has 7 nitrogen and oxygen atoms in total. The van der Waals surface area contributed by atoms with Gasteiger partial charge < -0.3 is 9.84 Å². The predicted octanol–water partition coefficient (Wildman–Crippen LogP) is 3.37. The van der Waals surface area contributed by atoms with Crippen molar-refractivity contribution in [2.24, 2.45) is 11.8 Å². The van der Waals surface area contributed by atoms with E-state index in [-0.39, 0.29) is 22.6 Å². The molecule has 1 atom stereocenters. The summed E-state index contributed by atoms with van der Waals surface area (Å²) in [6, 6.07) is 8.14. The van der Waals surface area contributed by atoms with E-state index < -0.39 is 10.0 Å². The topological polar surface area (TPSA) is 92.5 Å². The zero-order valence-corrected chi connectivity index (χ0v) is 19.5. The maximum absolute atomic E-state index is 13.0. The van der Waals surface area contributed by atoms with Crippen LogP contribution in [0.15, 0.2) is 38.6 Å². The third kappa shape index (κ3) is 4.90. The van der Waals surface area contributed by atoms with Gasteiger partial charge in [0, 0.05) is 30.4 Å². The van der Waals surface area contributed by atoms with Crippen LogP contribution in [-0.2, 0) is 21.4 Å². The van der Waals surface area contributed by atoms with Crippen molar-refractivity contribution in [1.82, 2.24) is 14.8 Å². The van der Waals surface area contributed by atoms with Gasteiger partial charge in [0.25, 0.3) is 0 Å². The van der Waals surface area contributed by atoms with Gasteiger partial charge in [-0.25, -0.2) is 8.42 Å². The zero-order valence-electron chi connectivity index (χ0n) is 17.8. The lowest BCUT2D eigenvalue weighted by atomic mass is 9.85. The maximum atomic E-state index is 13.0. The fraction of sp³-hybridized carbons (Fsp3) is 0.524. The highest BCUT2D eigenvalue weighted by atomic mass is 32.2. The molecule has 2 heterocycles. The van der Waals surface area contributed by atoms with Crippen molar-refractivity contribution in [3.05, 3.63) is 41.3 Å². The van der Waals surface area contributed by atoms with Crippen molar-refractivity contribution in [2.75, 3.05) is 19.3 Å². The largest absolute Gasteiger partial charge is 0.360 e. The highest BCUT2D eigenvalue weighted by molar-refractivity contribution is 7.98. The van der Waals surface area contributed by atoms with Crippen LogP contribution in [0.4, 0.5) is 0 Å². The third-order valence-corrected chi connectivity index (χ3v) is 8.70. The first-order chi connectivity index (χ1) is 14.2. The maximum Gasteiger partial charge on any atom is 0.248 e. The van der Waals surface area contributed by atoms with E-state index in [0.717, 1.165) is 5.56 Å². The summed E-state index contributed by atoms with van der Waals surface area (Å²) in [4.78, 5) is 14.0. The monoisotopic (exact) mass is 451 g/mol. The molecule has 0 unspecified atom stereocenters. The van der Waals surface area contributed by atoms with Crippen molar-refractivity contribution in [1.29, 1.82) is 0 Å². The number of thioether (sulfide) groups is 1. The van der Waals surface area contributed by atoms with Crippen molar-refractivity contribution in [2.45, 2.75) is 49.9 Å². The summed E-state index contributed by atoms with van der Waals surface area (Å²) >= 11 is 1.69. The van der Waals surface area contributed by atoms with Gasteiger partial charge in [-0.05, 0) is 56.6 Å². The number of rotatable bonds is 7. The standard InChI is InChI=1S/C21H29N3O4S2/c1-14(21(25)22-13-17-5-7-19(29-4)8-6-17)18-9-11-24(12-10-18)30(26,27)20-15(2)23-28-16(20)3/h5-8,14,18H,9-13H2,1-4H3,(H,22,25)/t14-/m0/s1. The van der Waals surface area contributed by atoms with E-state index >= 15 is 0 Å². The van der Waals surface area contributed by atoms with Gasteiger partial charge in [0.2, 0.25) is 15.9 Å². The Balaban J connectivity index is 1.54. The normalized spacial score (nSPS) is 17.1. The van der Waals surface area contributed by atoms with Gasteiger partial charge in [0.15, 0.2) is 5.76 Å². The van der Waals surface area contributed by atoms with E-state index in [1.807, 2.05) is 37.4 Å². The number of piperidine rings is 1. The fourth-order valence-corrected chi connectivity index (χ4v) is 6.06. The molecule has 0 radical (unpaired) electrons. The first-order valence-corrected chi connectivity index (χ1v) is 12.7. The summed E-state index contributed by atoms with van der Waals surface area (Å²) in [6.45, 7) is 6.46. The molecule has 1 N–H and O–H groups in total. The van der Waals surface area contributed by atoms with Crippen molar-refractivity contribution < 1.29 is 17.7 Å². The molecule has 0 saturated carbocycles. The molecule has 0 spiro atoms. The van der Waals surface area contributed by atoms with Crippen LogP contribution >= 0.6 is 11.8 Å². The lowest BCUT2D eigenvalue weighted by Gasteiger charge is -2.33. The van der Waals surface area contributed by atoms with Crippen molar-refractivity contribution in [3.8, 4) is 0 Å². The fourth-order valence-electron chi connectivity index (χ4n) is 3.90. The average molecular weight is 452 g/mol. The van der Waals surface area contributed by atoms with Crippen LogP contribution in [-0.4, -0.2) is 43.1 Å². The minimum absolute atomic E-state index is 0.0102. The molecule has 9 heteroatoms. The molecule has 3 rings (SSSR count). The minimum atomic E-state index is -3.63. The number of hydrogen-bond donors (Lipinski definition) is 1. The first kappa shape index (κ1) is 22.8. The number of aryl methyl sites for hydroxylation is 2. The van der Waals surface area contributed by atoms with Crippen LogP contribution in [0, 0.1) is 25.7 Å². The van der Waals surface area contributed by atoms with Gasteiger partial charge >= 0.3 is 0 Å². The van der Waals surface area contributed by atoms with Gasteiger partial charge in [0.05, 0.1) is 0 Å². The second-order valence-corrected chi connectivity index (χ2v) is 10.5. The SMILES string of the molecule is CSc1ccc(CNC(=O)[C@@H](C)C2CCN(S(=O)(=O)c3c(C)noc3C)CC2)cc1. The Hall–Kier alpha value is -1.84. The number of hydrogen-bond acceptors (Lipinski definition) is 6. The molecule has 1 saturated heterocycles. The smallest absolute Gasteiger partial charge is 0.248 e. The number of aromatic nitrogens is 1. The number of carbonyl (C=O) groups is 1. The molecule has 164 valence electrons. The zero-order chi connectivity index (χ0) is 21.9. The van der Waals surface area contributed by atoms with Gasteiger partial charge in [-0.1, -0.05) is 24.2 Å². The summed E-state index contributed by atoms with van der Waals surface area (Å²) in [5.41, 5.74) is 1.45. The molecule has 1 aliphatic heterocycles. The average Bonchev–Trinajstić information content (AvgIpc) is 3.10. The van der Waals surface area contributed by atoms with E-state index in [2.05, 4.69) is 10.5 Å². The van der Waals surface area contributed by atoms with E-state index in [4.69, 9.17) is 4.52 Å². The molecule has 0 bridgehead atoms. The lowest BCUT2D eigenvalue weighted by molar-refractivity contribution is -0.126. The van der Waals surface area contributed by atoms with Gasteiger partial charge in [-0.3, -0.25) is 4.79 Å². The summed E-state index contributed by atoms with van der Waals surface area (Å²) in [6.07, 6.45) is 3.34. The Morgan fingerprint density at radius 3 is 2.43 bits per heavy atom. The van der Waals surface area contributed by atoms with Gasteiger partial charge in [-0.15, -0.1) is 11.8 Å². The lowest BCUT2D eigenvalue weighted by Crippen LogP contribution is -2.42. The Kier molecular flexibility index (Phi) is 7.26. The highest BCUT2D eigenvalue weighted by Gasteiger charge is 2.36. The molecule has 1 amide bonds. The first-order valence-electron chi connectivity index (χ1n) is 10.1. The third-order valence-electron chi connectivity index (χ3n) is 5.81. The summed E-state index contributed by atoms with van der Waals surface area (Å²) in [7, 11) is -3.63. The van der Waals surface area contributed by atoms with Crippen molar-refractivity contribution in [3.63, 3.8) is 0 Å². The number of amides is 1. The number of nitrogens with one attached hydrogen (secondary N) is 1. The molecule has 1 aliphatic rings. The molecule has 1 fully saturated rings. The summed E-state index contributed by atoms with van der Waals surface area (Å²) < 4.78 is 32.4. The van der Waals surface area contributed by atoms with E-state index in [0.29, 0.717) is 43.9 Å². The molecule has 2 aromatic rings. The van der Waals surface area contributed by atoms with E-state index in [9.17, 15) is 13.2 Å². The molecule has 1 aromatic heterocycles. The van der Waals surface area contributed by atoms with E-state index in [1.54, 1.807) is 25.6 Å². The second kappa shape index (κ2) is 9.53. The van der Waals surface area contributed by atoms with Crippen LogP contribution in [0.2, 0.25) is 0 Å². The molecule has 0 aliphatic carbocycles. The number of sulfonamides is 1. The predicted molar refractivity (Wildman–Crippen MR) is 117 cm³/mol. The number of benzene rings is 1. The Bertz CT molecular complexity index is 959. The molecule has 1 aromatic carbocycles. The highest BCUT2D eigenvalue weighted by Crippen LogP contribution is 2.30. The van der Waals surface area contributed by atoms with Crippen LogP contribution in [0.1, 0.15) is 36.8 Å². The second-order valence-electron chi connectivity index (χ2n) is 7.75. The quantitative estimate of drug-likeness (QED) is 0.649. The van der Waals surface area contributed by atoms with Gasteiger partial charge in [-0.2, -0.15) is 4.31 Å². The summed E-state index contributed by atoms with van der Waals surface area (Å²) in [5.74, 6) is 0.309. The van der Waals surface area contributed by atoms with E-state index in [1.165, 1.54) is 9.20 Å². The Labute approximate surface area is 182 Å². The van der Waals surface area contributed by atoms with Crippen LogP contribution in [0.5, 0.6) is 0 Å². The molecular formula is C21H29N3O4S2. The Morgan fingerprint density at radius 1 is 1.27 bits per heavy atom. The number of carbonyl (C=O) groups excluding carboxylic acids is 1. The summed E-state index contributed by atoms with van der Waals surface area (Å²) in [5, 5.41) is 6.78.